The van der Waals surface area contributed by atoms with Crippen molar-refractivity contribution in [3.63, 3.8) is 0 Å². The molecule has 0 aliphatic carbocycles. The second-order valence-electron chi connectivity index (χ2n) is 3.56. The third kappa shape index (κ3) is 3.30. The van der Waals surface area contributed by atoms with Crippen LogP contribution in [0.1, 0.15) is 11.3 Å². The molecule has 98 valence electrons. The summed E-state index contributed by atoms with van der Waals surface area (Å²) in [5.41, 5.74) is 2.48. The van der Waals surface area contributed by atoms with Crippen LogP contribution in [0.25, 0.3) is 0 Å². The van der Waals surface area contributed by atoms with E-state index in [-0.39, 0.29) is 22.0 Å². The molecular weight excluding hydrogens is 306 g/mol. The molecule has 0 bridgehead atoms. The molecule has 2 rings (SSSR count). The minimum Gasteiger partial charge on any atom is -0.248 e. The second kappa shape index (κ2) is 5.67. The molecule has 1 aromatic heterocycles. The predicted molar refractivity (Wildman–Crippen MR) is 72.3 cm³/mol. The Labute approximate surface area is 119 Å². The first-order chi connectivity index (χ1) is 9.03. The number of benzene rings is 1. The van der Waals surface area contributed by atoms with E-state index in [1.165, 1.54) is 29.5 Å². The van der Waals surface area contributed by atoms with Crippen LogP contribution in [0.3, 0.4) is 0 Å². The zero-order chi connectivity index (χ0) is 13.9. The van der Waals surface area contributed by atoms with Crippen LogP contribution in [-0.2, 0) is 16.6 Å². The first kappa shape index (κ1) is 14.0. The number of rotatable bonds is 4. The van der Waals surface area contributed by atoms with Gasteiger partial charge in [-0.05, 0) is 18.2 Å². The van der Waals surface area contributed by atoms with Gasteiger partial charge in [-0.25, -0.2) is 18.1 Å². The maximum atomic E-state index is 12.1. The maximum Gasteiger partial charge on any atom is 0.242 e. The average molecular weight is 314 g/mol. The van der Waals surface area contributed by atoms with Crippen molar-refractivity contribution < 1.29 is 8.42 Å². The average Bonchev–Trinajstić information content (AvgIpc) is 2.90. The van der Waals surface area contributed by atoms with Crippen LogP contribution in [0.4, 0.5) is 0 Å². The van der Waals surface area contributed by atoms with E-state index in [4.69, 9.17) is 16.9 Å². The van der Waals surface area contributed by atoms with Gasteiger partial charge in [-0.3, -0.25) is 0 Å². The van der Waals surface area contributed by atoms with Gasteiger partial charge in [-0.15, -0.1) is 11.3 Å². The number of thiazole rings is 1. The van der Waals surface area contributed by atoms with E-state index in [9.17, 15) is 8.42 Å². The summed E-state index contributed by atoms with van der Waals surface area (Å²) in [6, 6.07) is 5.96. The Bertz CT molecular complexity index is 721. The van der Waals surface area contributed by atoms with Crippen LogP contribution in [0.15, 0.2) is 34.0 Å². The minimum absolute atomic E-state index is 0.0739. The van der Waals surface area contributed by atoms with Crippen LogP contribution in [-0.4, -0.2) is 13.4 Å². The molecule has 0 unspecified atom stereocenters. The Morgan fingerprint density at radius 2 is 2.26 bits per heavy atom. The van der Waals surface area contributed by atoms with Crippen molar-refractivity contribution in [2.75, 3.05) is 0 Å². The Morgan fingerprint density at radius 1 is 1.47 bits per heavy atom. The molecular formula is C11H8ClN3O2S2. The highest BCUT2D eigenvalue weighted by molar-refractivity contribution is 7.89. The number of hydrogen-bond donors (Lipinski definition) is 1. The van der Waals surface area contributed by atoms with Crippen molar-refractivity contribution in [3.8, 4) is 6.07 Å². The van der Waals surface area contributed by atoms with Gasteiger partial charge in [0.15, 0.2) is 0 Å². The normalized spacial score (nSPS) is 11.2. The van der Waals surface area contributed by atoms with E-state index in [0.717, 1.165) is 0 Å². The Hall–Kier alpha value is -1.46. The van der Waals surface area contributed by atoms with Gasteiger partial charge in [-0.2, -0.15) is 5.26 Å². The highest BCUT2D eigenvalue weighted by atomic mass is 35.5. The molecule has 1 heterocycles. The molecule has 5 nitrogen and oxygen atoms in total. The zero-order valence-corrected chi connectivity index (χ0v) is 11.9. The summed E-state index contributed by atoms with van der Waals surface area (Å²) in [6.07, 6.45) is 0. The standard InChI is InChI=1S/C11H8ClN3O2S2/c12-10-2-1-8(4-13)3-11(10)19(16,17)15-5-9-6-18-7-14-9/h1-3,6-7,15H,5H2. The number of halogens is 1. The Balaban J connectivity index is 2.27. The molecule has 0 saturated carbocycles. The summed E-state index contributed by atoms with van der Waals surface area (Å²) in [5, 5.41) is 10.6. The quantitative estimate of drug-likeness (QED) is 0.937. The van der Waals surface area contributed by atoms with Crippen molar-refractivity contribution in [2.24, 2.45) is 0 Å². The molecule has 0 radical (unpaired) electrons. The molecule has 1 aromatic carbocycles. The number of nitrogens with one attached hydrogen (secondary N) is 1. The first-order valence-electron chi connectivity index (χ1n) is 5.09. The number of nitriles is 1. The van der Waals surface area contributed by atoms with E-state index in [2.05, 4.69) is 9.71 Å². The fourth-order valence-corrected chi connectivity index (χ4v) is 3.43. The lowest BCUT2D eigenvalue weighted by atomic mass is 10.2. The molecule has 0 aliphatic rings. The zero-order valence-electron chi connectivity index (χ0n) is 9.50. The molecule has 8 heteroatoms. The summed E-state index contributed by atoms with van der Waals surface area (Å²) in [5.74, 6) is 0. The predicted octanol–water partition coefficient (Wildman–Crippen LogP) is 2.15. The molecule has 0 saturated heterocycles. The van der Waals surface area contributed by atoms with E-state index < -0.39 is 10.0 Å². The Kier molecular flexibility index (Phi) is 4.17. The molecule has 0 aliphatic heterocycles. The van der Waals surface area contributed by atoms with Gasteiger partial charge in [0.25, 0.3) is 0 Å². The van der Waals surface area contributed by atoms with E-state index in [0.29, 0.717) is 5.69 Å². The van der Waals surface area contributed by atoms with Crippen molar-refractivity contribution in [1.29, 1.82) is 5.26 Å². The number of hydrogen-bond acceptors (Lipinski definition) is 5. The fourth-order valence-electron chi connectivity index (χ4n) is 1.35. The molecule has 0 spiro atoms. The van der Waals surface area contributed by atoms with Crippen molar-refractivity contribution in [2.45, 2.75) is 11.4 Å². The Morgan fingerprint density at radius 3 is 2.89 bits per heavy atom. The van der Waals surface area contributed by atoms with Gasteiger partial charge in [0, 0.05) is 5.38 Å². The van der Waals surface area contributed by atoms with Crippen molar-refractivity contribution >= 4 is 33.0 Å². The topological polar surface area (TPSA) is 82.8 Å². The highest BCUT2D eigenvalue weighted by Gasteiger charge is 2.18. The van der Waals surface area contributed by atoms with E-state index >= 15 is 0 Å². The smallest absolute Gasteiger partial charge is 0.242 e. The van der Waals surface area contributed by atoms with Crippen LogP contribution in [0.5, 0.6) is 0 Å². The van der Waals surface area contributed by atoms with Crippen LogP contribution >= 0.6 is 22.9 Å². The largest absolute Gasteiger partial charge is 0.248 e. The lowest BCUT2D eigenvalue weighted by Gasteiger charge is -2.07. The van der Waals surface area contributed by atoms with Gasteiger partial charge >= 0.3 is 0 Å². The summed E-state index contributed by atoms with van der Waals surface area (Å²) >= 11 is 7.24. The SMILES string of the molecule is N#Cc1ccc(Cl)c(S(=O)(=O)NCc2cscn2)c1. The highest BCUT2D eigenvalue weighted by Crippen LogP contribution is 2.22. The number of nitrogens with zero attached hydrogens (tertiary/aromatic N) is 2. The molecule has 19 heavy (non-hydrogen) atoms. The maximum absolute atomic E-state index is 12.1. The van der Waals surface area contributed by atoms with Crippen LogP contribution in [0, 0.1) is 11.3 Å². The number of aromatic nitrogens is 1. The molecule has 0 amide bonds. The summed E-state index contributed by atoms with van der Waals surface area (Å²) in [6.45, 7) is 0.0823. The van der Waals surface area contributed by atoms with Gasteiger partial charge in [0.05, 0.1) is 34.4 Å². The second-order valence-corrected chi connectivity index (χ2v) is 6.42. The third-order valence-corrected chi connectivity index (χ3v) is 4.79. The third-order valence-electron chi connectivity index (χ3n) is 2.28. The summed E-state index contributed by atoms with van der Waals surface area (Å²) in [4.78, 5) is 3.87. The summed E-state index contributed by atoms with van der Waals surface area (Å²) < 4.78 is 26.6. The van der Waals surface area contributed by atoms with Crippen molar-refractivity contribution in [3.05, 3.63) is 45.4 Å². The summed E-state index contributed by atoms with van der Waals surface area (Å²) in [7, 11) is -3.77. The minimum atomic E-state index is -3.77. The lowest BCUT2D eigenvalue weighted by Crippen LogP contribution is -2.23. The first-order valence-corrected chi connectivity index (χ1v) is 7.90. The van der Waals surface area contributed by atoms with Gasteiger partial charge in [0.2, 0.25) is 10.0 Å². The molecule has 0 atom stereocenters. The van der Waals surface area contributed by atoms with E-state index in [1.807, 2.05) is 6.07 Å². The van der Waals surface area contributed by atoms with Crippen molar-refractivity contribution in [1.82, 2.24) is 9.71 Å². The molecule has 1 N–H and O–H groups in total. The van der Waals surface area contributed by atoms with Gasteiger partial charge in [0.1, 0.15) is 4.90 Å². The molecule has 2 aromatic rings. The van der Waals surface area contributed by atoms with Crippen LogP contribution < -0.4 is 4.72 Å². The van der Waals surface area contributed by atoms with Crippen LogP contribution in [0.2, 0.25) is 5.02 Å². The lowest BCUT2D eigenvalue weighted by molar-refractivity contribution is 0.580. The number of sulfonamides is 1. The fraction of sp³-hybridized carbons (Fsp3) is 0.0909. The van der Waals surface area contributed by atoms with Gasteiger partial charge < -0.3 is 0 Å². The molecule has 0 fully saturated rings. The van der Waals surface area contributed by atoms with Gasteiger partial charge in [-0.1, -0.05) is 11.6 Å². The van der Waals surface area contributed by atoms with E-state index in [1.54, 1.807) is 10.9 Å². The monoisotopic (exact) mass is 313 g/mol.